The van der Waals surface area contributed by atoms with Gasteiger partial charge in [0.15, 0.2) is 12.4 Å². The Morgan fingerprint density at radius 2 is 1.48 bits per heavy atom. The third-order valence-corrected chi connectivity index (χ3v) is 5.25. The fourth-order valence-corrected chi connectivity index (χ4v) is 3.90. The van der Waals surface area contributed by atoms with Gasteiger partial charge in [-0.25, -0.2) is 0 Å². The molecule has 2 unspecified atom stereocenters. The van der Waals surface area contributed by atoms with Gasteiger partial charge >= 0.3 is 0 Å². The molecule has 2 heteroatoms. The Balaban J connectivity index is 1.95. The maximum absolute atomic E-state index is 4.58. The number of benzene rings is 1. The normalized spacial score (nSPS) is 15.7. The monoisotopic (exact) mass is 339 g/mol. The summed E-state index contributed by atoms with van der Waals surface area (Å²) >= 11 is 0. The van der Waals surface area contributed by atoms with Crippen LogP contribution in [-0.2, 0) is 6.42 Å². The van der Waals surface area contributed by atoms with Crippen molar-refractivity contribution in [2.24, 2.45) is 21.8 Å². The van der Waals surface area contributed by atoms with Gasteiger partial charge in [0.2, 0.25) is 6.17 Å². The van der Waals surface area contributed by atoms with Crippen LogP contribution in [0.15, 0.2) is 40.3 Å². The van der Waals surface area contributed by atoms with E-state index >= 15 is 0 Å². The third-order valence-electron chi connectivity index (χ3n) is 5.25. The lowest BCUT2D eigenvalue weighted by Crippen LogP contribution is -2.22. The maximum Gasteiger partial charge on any atom is 0.244 e. The Morgan fingerprint density at radius 3 is 2.16 bits per heavy atom. The predicted octanol–water partition coefficient (Wildman–Crippen LogP) is 6.66. The van der Waals surface area contributed by atoms with Gasteiger partial charge in [-0.1, -0.05) is 99.1 Å². The highest BCUT2D eigenvalue weighted by Gasteiger charge is 2.34. The van der Waals surface area contributed by atoms with Crippen molar-refractivity contribution in [2.45, 2.75) is 78.1 Å². The molecule has 2 atom stereocenters. The smallest absolute Gasteiger partial charge is 0.0965 e. The van der Waals surface area contributed by atoms with E-state index in [1.165, 1.54) is 63.4 Å². The van der Waals surface area contributed by atoms with Crippen molar-refractivity contribution >= 4 is 12.4 Å². The third kappa shape index (κ3) is 7.05. The summed E-state index contributed by atoms with van der Waals surface area (Å²) in [6.07, 6.45) is 17.7. The van der Waals surface area contributed by atoms with Crippen molar-refractivity contribution < 1.29 is 0 Å². The lowest BCUT2D eigenvalue weighted by atomic mass is 9.79. The van der Waals surface area contributed by atoms with Crippen LogP contribution in [0.2, 0.25) is 0 Å². The van der Waals surface area contributed by atoms with E-state index < -0.39 is 0 Å². The van der Waals surface area contributed by atoms with E-state index in [1.807, 2.05) is 12.4 Å². The number of hydrogen-bond acceptors (Lipinski definition) is 2. The maximum atomic E-state index is 4.58. The van der Waals surface area contributed by atoms with E-state index in [-0.39, 0.29) is 0 Å². The molecule has 1 aliphatic rings. The fourth-order valence-electron chi connectivity index (χ4n) is 3.90. The van der Waals surface area contributed by atoms with E-state index in [4.69, 9.17) is 0 Å². The van der Waals surface area contributed by atoms with E-state index in [0.29, 0.717) is 11.8 Å². The van der Waals surface area contributed by atoms with Crippen LogP contribution in [0.25, 0.3) is 0 Å². The molecule has 1 aromatic carbocycles. The van der Waals surface area contributed by atoms with Gasteiger partial charge in [-0.15, -0.1) is 0 Å². The Hall–Kier alpha value is -1.57. The molecule has 1 aliphatic heterocycles. The zero-order chi connectivity index (χ0) is 17.7. The molecule has 1 heterocycles. The zero-order valence-corrected chi connectivity index (χ0v) is 16.2. The number of aliphatic imine (C=N–C) groups is 2. The van der Waals surface area contributed by atoms with Gasteiger partial charge in [0.1, 0.15) is 0 Å². The van der Waals surface area contributed by atoms with Crippen molar-refractivity contribution in [3.05, 3.63) is 42.1 Å². The minimum atomic E-state index is 0.501. The standard InChI is InChI=1S/C23H35N2/c1-3-5-6-7-8-12-16-22(23-24-17-18-25-23)21(13-4-2)19-20-14-10-9-11-15-20/h9-11,14-15,17-18,21-22H,3-8,12-13,16,19H2,1-2H3/q+1. The molecule has 0 amide bonds. The molecule has 0 fully saturated rings. The van der Waals surface area contributed by atoms with Crippen molar-refractivity contribution in [1.29, 1.82) is 0 Å². The zero-order valence-electron chi connectivity index (χ0n) is 16.2. The largest absolute Gasteiger partial charge is 0.244 e. The second kappa shape index (κ2) is 11.9. The van der Waals surface area contributed by atoms with Crippen molar-refractivity contribution in [1.82, 2.24) is 0 Å². The molecule has 1 aromatic rings. The molecular formula is C23H35N2+. The summed E-state index contributed by atoms with van der Waals surface area (Å²) in [5, 5.41) is 0. The molecule has 0 aromatic heterocycles. The molecule has 0 radical (unpaired) electrons. The van der Waals surface area contributed by atoms with E-state index in [0.717, 1.165) is 12.6 Å². The van der Waals surface area contributed by atoms with Crippen molar-refractivity contribution in [3.63, 3.8) is 0 Å². The minimum absolute atomic E-state index is 0.501. The highest BCUT2D eigenvalue weighted by Crippen LogP contribution is 2.36. The van der Waals surface area contributed by atoms with E-state index in [1.54, 1.807) is 0 Å². The summed E-state index contributed by atoms with van der Waals surface area (Å²) in [5.41, 5.74) is 1.44. The molecule has 2 rings (SSSR count). The number of nitrogens with zero attached hydrogens (tertiary/aromatic N) is 2. The average molecular weight is 340 g/mol. The van der Waals surface area contributed by atoms with Crippen LogP contribution in [0.3, 0.4) is 0 Å². The molecule has 136 valence electrons. The summed E-state index contributed by atoms with van der Waals surface area (Å²) in [5.74, 6) is 1.15. The lowest BCUT2D eigenvalue weighted by Gasteiger charge is -2.25. The number of rotatable bonds is 13. The van der Waals surface area contributed by atoms with Gasteiger partial charge < -0.3 is 0 Å². The highest BCUT2D eigenvalue weighted by molar-refractivity contribution is 6.18. The Morgan fingerprint density at radius 1 is 0.800 bits per heavy atom. The summed E-state index contributed by atoms with van der Waals surface area (Å²) in [4.78, 5) is 9.16. The van der Waals surface area contributed by atoms with Crippen LogP contribution >= 0.6 is 0 Å². The second-order valence-corrected chi connectivity index (χ2v) is 7.32. The number of hydrogen-bond donors (Lipinski definition) is 0. The van der Waals surface area contributed by atoms with Crippen LogP contribution in [0, 0.1) is 18.0 Å². The molecule has 0 aliphatic carbocycles. The SMILES string of the molecule is CCCCCCCCC([C+]1N=CC=N1)C(CCC)Cc1ccccc1. The molecule has 0 spiro atoms. The Bertz CT molecular complexity index is 494. The first-order valence-electron chi connectivity index (χ1n) is 10.3. The Kier molecular flexibility index (Phi) is 9.40. The van der Waals surface area contributed by atoms with Crippen molar-refractivity contribution in [2.75, 3.05) is 0 Å². The fraction of sp³-hybridized carbons (Fsp3) is 0.609. The van der Waals surface area contributed by atoms with Gasteiger partial charge in [-0.3, -0.25) is 0 Å². The second-order valence-electron chi connectivity index (χ2n) is 7.32. The molecule has 2 nitrogen and oxygen atoms in total. The van der Waals surface area contributed by atoms with E-state index in [9.17, 15) is 0 Å². The van der Waals surface area contributed by atoms with Crippen LogP contribution in [-0.4, -0.2) is 12.4 Å². The average Bonchev–Trinajstić information content (AvgIpc) is 3.16. The molecular weight excluding hydrogens is 304 g/mol. The van der Waals surface area contributed by atoms with Gasteiger partial charge in [-0.05, 0) is 30.7 Å². The lowest BCUT2D eigenvalue weighted by molar-refractivity contribution is 0.290. The van der Waals surface area contributed by atoms with Crippen LogP contribution in [0.5, 0.6) is 0 Å². The first kappa shape index (κ1) is 19.8. The molecule has 0 bridgehead atoms. The van der Waals surface area contributed by atoms with Crippen LogP contribution < -0.4 is 0 Å². The van der Waals surface area contributed by atoms with Gasteiger partial charge in [0.05, 0.1) is 5.92 Å². The molecule has 0 saturated heterocycles. The van der Waals surface area contributed by atoms with Gasteiger partial charge in [0.25, 0.3) is 0 Å². The number of unbranched alkanes of at least 4 members (excludes halogenated alkanes) is 5. The molecule has 0 saturated carbocycles. The van der Waals surface area contributed by atoms with Crippen LogP contribution in [0.4, 0.5) is 0 Å². The summed E-state index contributed by atoms with van der Waals surface area (Å²) in [7, 11) is 0. The summed E-state index contributed by atoms with van der Waals surface area (Å²) in [6, 6.07) is 10.9. The van der Waals surface area contributed by atoms with Gasteiger partial charge in [-0.2, -0.15) is 0 Å². The van der Waals surface area contributed by atoms with Crippen molar-refractivity contribution in [3.8, 4) is 0 Å². The highest BCUT2D eigenvalue weighted by atomic mass is 15.0. The molecule has 0 N–H and O–H groups in total. The summed E-state index contributed by atoms with van der Waals surface area (Å²) < 4.78 is 0. The quantitative estimate of drug-likeness (QED) is 0.284. The molecule has 25 heavy (non-hydrogen) atoms. The minimum Gasteiger partial charge on any atom is -0.0965 e. The summed E-state index contributed by atoms with van der Waals surface area (Å²) in [6.45, 7) is 4.58. The predicted molar refractivity (Wildman–Crippen MR) is 110 cm³/mol. The Labute approximate surface area is 154 Å². The van der Waals surface area contributed by atoms with E-state index in [2.05, 4.69) is 54.2 Å². The first-order chi connectivity index (χ1) is 12.3. The van der Waals surface area contributed by atoms with Crippen LogP contribution in [0.1, 0.15) is 77.2 Å². The topological polar surface area (TPSA) is 24.7 Å². The first-order valence-corrected chi connectivity index (χ1v) is 10.3. The van der Waals surface area contributed by atoms with Gasteiger partial charge in [0, 0.05) is 0 Å².